The first-order chi connectivity index (χ1) is 6.59. The van der Waals surface area contributed by atoms with Gasteiger partial charge in [-0.15, -0.1) is 0 Å². The highest BCUT2D eigenvalue weighted by Gasteiger charge is 2.41. The molecule has 0 heterocycles. The number of carbonyl (C=O) groups is 1. The van der Waals surface area contributed by atoms with Crippen molar-refractivity contribution in [1.82, 2.24) is 0 Å². The minimum absolute atomic E-state index is 0.288. The predicted octanol–water partition coefficient (Wildman–Crippen LogP) is 3.45. The van der Waals surface area contributed by atoms with Crippen molar-refractivity contribution in [2.45, 2.75) is 26.2 Å². The lowest BCUT2D eigenvalue weighted by molar-refractivity contribution is -0.118. The van der Waals surface area contributed by atoms with Gasteiger partial charge in [-0.25, -0.2) is 0 Å². The molecule has 0 aromatic heterocycles. The summed E-state index contributed by atoms with van der Waals surface area (Å²) in [5.74, 6) is 1.10. The van der Waals surface area contributed by atoms with Crippen LogP contribution in [0.2, 0.25) is 0 Å². The van der Waals surface area contributed by atoms with Crippen molar-refractivity contribution in [2.75, 3.05) is 0 Å². The number of Topliss-reactive ketones (excluding diaryl/α,β-unsaturated/α-hetero) is 1. The van der Waals surface area contributed by atoms with E-state index in [2.05, 4.69) is 41.1 Å². The van der Waals surface area contributed by atoms with E-state index in [9.17, 15) is 4.79 Å². The van der Waals surface area contributed by atoms with E-state index in [1.807, 2.05) is 0 Å². The largest absolute Gasteiger partial charge is 0.300 e. The molecule has 1 aliphatic rings. The Balaban J connectivity index is 2.20. The summed E-state index contributed by atoms with van der Waals surface area (Å²) in [7, 11) is 0. The van der Waals surface area contributed by atoms with Gasteiger partial charge in [-0.3, -0.25) is 4.79 Å². The van der Waals surface area contributed by atoms with Crippen LogP contribution in [0.5, 0.6) is 0 Å². The molecule has 2 heteroatoms. The second kappa shape index (κ2) is 3.50. The van der Waals surface area contributed by atoms with Gasteiger partial charge >= 0.3 is 0 Å². The average Bonchev–Trinajstić information content (AvgIpc) is 2.89. The Morgan fingerprint density at radius 3 is 2.71 bits per heavy atom. The van der Waals surface area contributed by atoms with Gasteiger partial charge in [0.1, 0.15) is 5.78 Å². The summed E-state index contributed by atoms with van der Waals surface area (Å²) in [6.45, 7) is 3.77. The molecule has 74 valence electrons. The van der Waals surface area contributed by atoms with Crippen LogP contribution in [0.1, 0.15) is 30.4 Å². The Morgan fingerprint density at radius 1 is 1.50 bits per heavy atom. The van der Waals surface area contributed by atoms with Crippen molar-refractivity contribution >= 4 is 21.7 Å². The van der Waals surface area contributed by atoms with Gasteiger partial charge in [-0.2, -0.15) is 0 Å². The number of aryl methyl sites for hydroxylation is 1. The molecule has 1 nitrogen and oxygen atoms in total. The topological polar surface area (TPSA) is 17.1 Å². The van der Waals surface area contributed by atoms with Crippen LogP contribution in [0.4, 0.5) is 0 Å². The maximum Gasteiger partial charge on any atom is 0.133 e. The highest BCUT2D eigenvalue weighted by atomic mass is 79.9. The molecule has 2 rings (SSSR count). The van der Waals surface area contributed by atoms with E-state index < -0.39 is 0 Å². The monoisotopic (exact) mass is 252 g/mol. The van der Waals surface area contributed by atoms with Crippen molar-refractivity contribution in [3.8, 4) is 0 Å². The summed E-state index contributed by atoms with van der Waals surface area (Å²) >= 11 is 3.48. The molecule has 0 aliphatic heterocycles. The zero-order valence-electron chi connectivity index (χ0n) is 8.38. The molecule has 0 N–H and O–H groups in total. The smallest absolute Gasteiger partial charge is 0.133 e. The molecule has 0 amide bonds. The maximum atomic E-state index is 11.1. The van der Waals surface area contributed by atoms with E-state index in [0.29, 0.717) is 11.7 Å². The number of carbonyl (C=O) groups excluding carboxylic acids is 1. The first kappa shape index (κ1) is 9.91. The highest BCUT2D eigenvalue weighted by molar-refractivity contribution is 9.10. The third kappa shape index (κ3) is 1.76. The van der Waals surface area contributed by atoms with E-state index in [1.54, 1.807) is 6.92 Å². The van der Waals surface area contributed by atoms with Crippen LogP contribution in [0.3, 0.4) is 0 Å². The summed E-state index contributed by atoms with van der Waals surface area (Å²) in [6, 6.07) is 6.36. The van der Waals surface area contributed by atoms with Gasteiger partial charge in [-0.05, 0) is 43.4 Å². The van der Waals surface area contributed by atoms with E-state index in [-0.39, 0.29) is 5.92 Å². The third-order valence-corrected chi connectivity index (χ3v) is 3.81. The van der Waals surface area contributed by atoms with Gasteiger partial charge < -0.3 is 0 Å². The molecule has 0 radical (unpaired) electrons. The van der Waals surface area contributed by atoms with E-state index in [0.717, 1.165) is 10.9 Å². The summed E-state index contributed by atoms with van der Waals surface area (Å²) < 4.78 is 1.14. The van der Waals surface area contributed by atoms with Crippen LogP contribution in [0.25, 0.3) is 0 Å². The Kier molecular flexibility index (Phi) is 2.48. The predicted molar refractivity (Wildman–Crippen MR) is 60.4 cm³/mol. The zero-order chi connectivity index (χ0) is 10.3. The molecule has 1 aromatic rings. The van der Waals surface area contributed by atoms with Crippen LogP contribution in [0, 0.1) is 12.8 Å². The Morgan fingerprint density at radius 2 is 2.21 bits per heavy atom. The Hall–Kier alpha value is -0.630. The molecule has 1 fully saturated rings. The zero-order valence-corrected chi connectivity index (χ0v) is 9.97. The van der Waals surface area contributed by atoms with Gasteiger partial charge in [0, 0.05) is 10.4 Å². The molecule has 0 bridgehead atoms. The number of benzene rings is 1. The SMILES string of the molecule is CC(=O)C1CC1c1ccc(Br)c(C)c1. The summed E-state index contributed by atoms with van der Waals surface area (Å²) in [4.78, 5) is 11.1. The van der Waals surface area contributed by atoms with E-state index in [1.165, 1.54) is 11.1 Å². The quantitative estimate of drug-likeness (QED) is 0.788. The fraction of sp³-hybridized carbons (Fsp3) is 0.417. The molecule has 2 unspecified atom stereocenters. The number of halogens is 1. The van der Waals surface area contributed by atoms with Gasteiger partial charge in [0.15, 0.2) is 0 Å². The molecular weight excluding hydrogens is 240 g/mol. The normalized spacial score (nSPS) is 24.8. The van der Waals surface area contributed by atoms with Crippen LogP contribution in [0.15, 0.2) is 22.7 Å². The molecular formula is C12H13BrO. The van der Waals surface area contributed by atoms with Crippen molar-refractivity contribution in [3.63, 3.8) is 0 Å². The molecule has 14 heavy (non-hydrogen) atoms. The summed E-state index contributed by atoms with van der Waals surface area (Å²) in [5.41, 5.74) is 2.56. The number of hydrogen-bond acceptors (Lipinski definition) is 1. The summed E-state index contributed by atoms with van der Waals surface area (Å²) in [6.07, 6.45) is 1.04. The Labute approximate surface area is 92.6 Å². The van der Waals surface area contributed by atoms with E-state index >= 15 is 0 Å². The van der Waals surface area contributed by atoms with Gasteiger partial charge in [-0.1, -0.05) is 28.1 Å². The van der Waals surface area contributed by atoms with Crippen molar-refractivity contribution in [2.24, 2.45) is 5.92 Å². The molecule has 1 aliphatic carbocycles. The van der Waals surface area contributed by atoms with Crippen LogP contribution in [-0.2, 0) is 4.79 Å². The van der Waals surface area contributed by atoms with Crippen molar-refractivity contribution in [3.05, 3.63) is 33.8 Å². The van der Waals surface area contributed by atoms with Crippen molar-refractivity contribution < 1.29 is 4.79 Å². The highest BCUT2D eigenvalue weighted by Crippen LogP contribution is 2.48. The van der Waals surface area contributed by atoms with Gasteiger partial charge in [0.25, 0.3) is 0 Å². The van der Waals surface area contributed by atoms with Crippen LogP contribution in [-0.4, -0.2) is 5.78 Å². The summed E-state index contributed by atoms with van der Waals surface area (Å²) in [5, 5.41) is 0. The van der Waals surface area contributed by atoms with E-state index in [4.69, 9.17) is 0 Å². The first-order valence-electron chi connectivity index (χ1n) is 4.86. The fourth-order valence-electron chi connectivity index (χ4n) is 1.91. The molecule has 1 aromatic carbocycles. The standard InChI is InChI=1S/C12H13BrO/c1-7-5-9(3-4-12(7)13)11-6-10(11)8(2)14/h3-5,10-11H,6H2,1-2H3. The minimum Gasteiger partial charge on any atom is -0.300 e. The molecule has 0 saturated heterocycles. The molecule has 1 saturated carbocycles. The number of ketones is 1. The third-order valence-electron chi connectivity index (χ3n) is 2.92. The molecule has 2 atom stereocenters. The minimum atomic E-state index is 0.288. The van der Waals surface area contributed by atoms with Gasteiger partial charge in [0.2, 0.25) is 0 Å². The lowest BCUT2D eigenvalue weighted by Gasteiger charge is -2.02. The second-order valence-corrected chi connectivity index (χ2v) is 4.92. The maximum absolute atomic E-state index is 11.1. The Bertz CT molecular complexity index is 384. The fourth-order valence-corrected chi connectivity index (χ4v) is 2.16. The van der Waals surface area contributed by atoms with Crippen molar-refractivity contribution in [1.29, 1.82) is 0 Å². The average molecular weight is 253 g/mol. The number of hydrogen-bond donors (Lipinski definition) is 0. The second-order valence-electron chi connectivity index (χ2n) is 4.07. The van der Waals surface area contributed by atoms with Crippen LogP contribution >= 0.6 is 15.9 Å². The number of rotatable bonds is 2. The first-order valence-corrected chi connectivity index (χ1v) is 5.65. The lowest BCUT2D eigenvalue weighted by atomic mass is 10.1. The molecule has 0 spiro atoms. The lowest BCUT2D eigenvalue weighted by Crippen LogP contribution is -1.94. The van der Waals surface area contributed by atoms with Gasteiger partial charge in [0.05, 0.1) is 0 Å². The van der Waals surface area contributed by atoms with Crippen LogP contribution < -0.4 is 0 Å².